The van der Waals surface area contributed by atoms with Crippen molar-refractivity contribution < 1.29 is 9.53 Å². The molecule has 2 aromatic carbocycles. The Morgan fingerprint density at radius 1 is 1.03 bits per heavy atom. The minimum absolute atomic E-state index is 0. The third kappa shape index (κ3) is 6.91. The smallest absolute Gasteiger partial charge is 0.331 e. The quantitative estimate of drug-likeness (QED) is 0.624. The van der Waals surface area contributed by atoms with Crippen molar-refractivity contribution in [1.29, 1.82) is 0 Å². The summed E-state index contributed by atoms with van der Waals surface area (Å²) in [5.74, 6) is -0.131. The monoisotopic (exact) mass is 438 g/mol. The fraction of sp³-hybridized carbons (Fsp3) is 0.435. The van der Waals surface area contributed by atoms with Crippen molar-refractivity contribution in [3.05, 3.63) is 65.7 Å². The number of anilines is 1. The molecule has 160 valence electrons. The van der Waals surface area contributed by atoms with Gasteiger partial charge in [-0.2, -0.15) is 0 Å². The van der Waals surface area contributed by atoms with Gasteiger partial charge in [0.25, 0.3) is 0 Å². The summed E-state index contributed by atoms with van der Waals surface area (Å²) in [4.78, 5) is 15.2. The van der Waals surface area contributed by atoms with Crippen LogP contribution < -0.4 is 5.32 Å². The summed E-state index contributed by atoms with van der Waals surface area (Å²) in [7, 11) is 0. The summed E-state index contributed by atoms with van der Waals surface area (Å²) in [6, 6.07) is 18.8. The molecule has 0 saturated carbocycles. The number of ether oxygens (including phenoxy) is 1. The lowest BCUT2D eigenvalue weighted by atomic mass is 9.86. The SMILES string of the molecule is CCOC(=O)C1(Nc2ccc(C)cc2)CCN(CCc2ccccc2)CC1.Cl.Cl. The Kier molecular flexibility index (Phi) is 10.5. The predicted molar refractivity (Wildman–Crippen MR) is 124 cm³/mol. The largest absolute Gasteiger partial charge is 0.464 e. The van der Waals surface area contributed by atoms with Crippen molar-refractivity contribution in [3.63, 3.8) is 0 Å². The van der Waals surface area contributed by atoms with Crippen molar-refractivity contribution in [2.24, 2.45) is 0 Å². The number of hydrogen-bond donors (Lipinski definition) is 1. The summed E-state index contributed by atoms with van der Waals surface area (Å²) in [5.41, 5.74) is 2.92. The second-order valence-corrected chi connectivity index (χ2v) is 7.37. The Labute approximate surface area is 186 Å². The topological polar surface area (TPSA) is 41.6 Å². The molecule has 0 bridgehead atoms. The van der Waals surface area contributed by atoms with Crippen molar-refractivity contribution in [3.8, 4) is 0 Å². The number of piperidine rings is 1. The van der Waals surface area contributed by atoms with E-state index in [-0.39, 0.29) is 30.8 Å². The normalized spacial score (nSPS) is 15.5. The molecule has 0 radical (unpaired) electrons. The van der Waals surface area contributed by atoms with Gasteiger partial charge >= 0.3 is 5.97 Å². The van der Waals surface area contributed by atoms with Gasteiger partial charge in [0.15, 0.2) is 0 Å². The zero-order chi connectivity index (χ0) is 19.1. The van der Waals surface area contributed by atoms with Gasteiger partial charge in [0, 0.05) is 25.3 Å². The molecule has 0 atom stereocenters. The maximum absolute atomic E-state index is 12.8. The molecule has 2 aromatic rings. The summed E-state index contributed by atoms with van der Waals surface area (Å²) in [6.07, 6.45) is 2.56. The summed E-state index contributed by atoms with van der Waals surface area (Å²) in [6.45, 7) is 7.15. The van der Waals surface area contributed by atoms with Gasteiger partial charge in [-0.3, -0.25) is 0 Å². The number of carbonyl (C=O) groups excluding carboxylic acids is 1. The van der Waals surface area contributed by atoms with E-state index in [1.807, 2.05) is 19.1 Å². The van der Waals surface area contributed by atoms with Crippen molar-refractivity contribution in [2.45, 2.75) is 38.6 Å². The van der Waals surface area contributed by atoms with Crippen LogP contribution in [0.5, 0.6) is 0 Å². The van der Waals surface area contributed by atoms with Crippen LogP contribution in [0.15, 0.2) is 54.6 Å². The first-order chi connectivity index (χ1) is 13.1. The van der Waals surface area contributed by atoms with Gasteiger partial charge in [0.05, 0.1) is 6.61 Å². The number of rotatable bonds is 7. The first kappa shape index (κ1) is 25.3. The van der Waals surface area contributed by atoms with Crippen LogP contribution in [0.1, 0.15) is 30.9 Å². The summed E-state index contributed by atoms with van der Waals surface area (Å²) in [5, 5.41) is 3.50. The van der Waals surface area contributed by atoms with E-state index in [2.05, 4.69) is 59.6 Å². The van der Waals surface area contributed by atoms with Crippen LogP contribution in [-0.2, 0) is 16.0 Å². The highest BCUT2D eigenvalue weighted by molar-refractivity contribution is 5.86. The lowest BCUT2D eigenvalue weighted by Gasteiger charge is -2.41. The Bertz CT molecular complexity index is 730. The molecule has 0 aromatic heterocycles. The Morgan fingerprint density at radius 2 is 1.66 bits per heavy atom. The molecule has 3 rings (SSSR count). The zero-order valence-corrected chi connectivity index (χ0v) is 18.9. The summed E-state index contributed by atoms with van der Waals surface area (Å²) >= 11 is 0. The molecule has 1 aliphatic heterocycles. The molecule has 0 aliphatic carbocycles. The van der Waals surface area contributed by atoms with Crippen molar-refractivity contribution in [1.82, 2.24) is 4.90 Å². The van der Waals surface area contributed by atoms with E-state index in [0.29, 0.717) is 6.61 Å². The number of likely N-dealkylation sites (tertiary alicyclic amines) is 1. The van der Waals surface area contributed by atoms with Crippen LogP contribution in [0, 0.1) is 6.92 Å². The fourth-order valence-corrected chi connectivity index (χ4v) is 3.65. The lowest BCUT2D eigenvalue weighted by molar-refractivity contribution is -0.150. The van der Waals surface area contributed by atoms with Crippen LogP contribution >= 0.6 is 24.8 Å². The number of halogens is 2. The highest BCUT2D eigenvalue weighted by atomic mass is 35.5. The van der Waals surface area contributed by atoms with Crippen LogP contribution in [0.25, 0.3) is 0 Å². The van der Waals surface area contributed by atoms with E-state index in [0.717, 1.165) is 44.6 Å². The Hall–Kier alpha value is -1.75. The van der Waals surface area contributed by atoms with Gasteiger partial charge in [0.1, 0.15) is 5.54 Å². The van der Waals surface area contributed by atoms with E-state index < -0.39 is 5.54 Å². The second kappa shape index (κ2) is 12.1. The minimum atomic E-state index is -0.630. The van der Waals surface area contributed by atoms with Crippen molar-refractivity contribution >= 4 is 36.5 Å². The maximum Gasteiger partial charge on any atom is 0.331 e. The number of nitrogens with zero attached hydrogens (tertiary/aromatic N) is 1. The van der Waals surface area contributed by atoms with Crippen LogP contribution in [0.3, 0.4) is 0 Å². The number of benzene rings is 2. The number of esters is 1. The Balaban J connectivity index is 0.00000210. The first-order valence-electron chi connectivity index (χ1n) is 9.90. The highest BCUT2D eigenvalue weighted by Gasteiger charge is 2.42. The van der Waals surface area contributed by atoms with Gasteiger partial charge in [-0.25, -0.2) is 4.79 Å². The third-order valence-electron chi connectivity index (χ3n) is 5.37. The maximum atomic E-state index is 12.8. The third-order valence-corrected chi connectivity index (χ3v) is 5.37. The average Bonchev–Trinajstić information content (AvgIpc) is 2.70. The standard InChI is InChI=1S/C23H30N2O2.2ClH/c1-3-27-22(26)23(24-21-11-9-19(2)10-12-21)14-17-25(18-15-23)16-13-20-7-5-4-6-8-20;;/h4-12,24H,3,13-18H2,1-2H3;2*1H. The molecule has 29 heavy (non-hydrogen) atoms. The second-order valence-electron chi connectivity index (χ2n) is 7.37. The molecule has 4 nitrogen and oxygen atoms in total. The van der Waals surface area contributed by atoms with Gasteiger partial charge in [-0.15, -0.1) is 24.8 Å². The number of hydrogen-bond acceptors (Lipinski definition) is 4. The Morgan fingerprint density at radius 3 is 2.24 bits per heavy atom. The molecular weight excluding hydrogens is 407 g/mol. The molecular formula is C23H32Cl2N2O2. The van der Waals surface area contributed by atoms with Crippen LogP contribution in [0.2, 0.25) is 0 Å². The van der Waals surface area contributed by atoms with E-state index in [4.69, 9.17) is 4.74 Å². The number of aryl methyl sites for hydroxylation is 1. The highest BCUT2D eigenvalue weighted by Crippen LogP contribution is 2.29. The fourth-order valence-electron chi connectivity index (χ4n) is 3.65. The molecule has 1 N–H and O–H groups in total. The van der Waals surface area contributed by atoms with Gasteiger partial charge in [-0.05, 0) is 50.8 Å². The summed E-state index contributed by atoms with van der Waals surface area (Å²) < 4.78 is 5.43. The number of carbonyl (C=O) groups is 1. The van der Waals surface area contributed by atoms with Crippen LogP contribution in [-0.4, -0.2) is 42.6 Å². The van der Waals surface area contributed by atoms with E-state index in [9.17, 15) is 4.79 Å². The van der Waals surface area contributed by atoms with Crippen molar-refractivity contribution in [2.75, 3.05) is 31.6 Å². The molecule has 1 fully saturated rings. The van der Waals surface area contributed by atoms with E-state index in [1.54, 1.807) is 0 Å². The zero-order valence-electron chi connectivity index (χ0n) is 17.2. The van der Waals surface area contributed by atoms with Gasteiger partial charge in [0.2, 0.25) is 0 Å². The van der Waals surface area contributed by atoms with Gasteiger partial charge < -0.3 is 15.0 Å². The molecule has 6 heteroatoms. The number of nitrogens with one attached hydrogen (secondary N) is 1. The van der Waals surface area contributed by atoms with E-state index >= 15 is 0 Å². The molecule has 0 spiro atoms. The predicted octanol–water partition coefficient (Wildman–Crippen LogP) is 4.89. The molecule has 0 unspecified atom stereocenters. The first-order valence-corrected chi connectivity index (χ1v) is 9.90. The molecule has 1 saturated heterocycles. The van der Waals surface area contributed by atoms with E-state index in [1.165, 1.54) is 11.1 Å². The molecule has 0 amide bonds. The average molecular weight is 439 g/mol. The molecule has 1 aliphatic rings. The van der Waals surface area contributed by atoms with Gasteiger partial charge in [-0.1, -0.05) is 48.0 Å². The van der Waals surface area contributed by atoms with Crippen LogP contribution in [0.4, 0.5) is 5.69 Å². The lowest BCUT2D eigenvalue weighted by Crippen LogP contribution is -2.55. The molecule has 1 heterocycles. The minimum Gasteiger partial charge on any atom is -0.464 e.